The highest BCUT2D eigenvalue weighted by Crippen LogP contribution is 2.32. The molecule has 0 amide bonds. The van der Waals surface area contributed by atoms with Gasteiger partial charge in [0, 0.05) is 19.6 Å². The Morgan fingerprint density at radius 2 is 1.82 bits per heavy atom. The Hall–Kier alpha value is -3.94. The van der Waals surface area contributed by atoms with Crippen molar-refractivity contribution >= 4 is 23.0 Å². The molecule has 39 heavy (non-hydrogen) atoms. The first-order valence-electron chi connectivity index (χ1n) is 12.6. The highest BCUT2D eigenvalue weighted by atomic mass is 16.6. The van der Waals surface area contributed by atoms with E-state index in [4.69, 9.17) is 16.2 Å². The largest absolute Gasteiger partial charge is 0.480 e. The molecular weight excluding hydrogens is 502 g/mol. The number of benzene rings is 2. The number of fused-ring (bicyclic) bond motifs is 1. The molecule has 4 aromatic rings. The van der Waals surface area contributed by atoms with Gasteiger partial charge in [-0.25, -0.2) is 15.0 Å². The standard InChI is InChI=1S/C27H31N7O5/c28-19(27(37)38)9-10-33(12-16-5-4-8-18(11-16)17-6-2-1-3-7-17)13-20-22(35)23(36)26(39-20)34-15-32-21-24(29)30-14-31-25(21)34/h1-8,11,14-15,19-20,22-23,26,35-36H,9-10,12-13,28H2,(H,37,38)(H2,29,30,31)/t19-,20+,22+,23+,26+/m0/s1. The normalized spacial score (nSPS) is 21.9. The summed E-state index contributed by atoms with van der Waals surface area (Å²) in [7, 11) is 0. The molecule has 1 aliphatic heterocycles. The molecule has 0 saturated carbocycles. The highest BCUT2D eigenvalue weighted by molar-refractivity contribution is 5.81. The summed E-state index contributed by atoms with van der Waals surface area (Å²) in [6.45, 7) is 1.02. The van der Waals surface area contributed by atoms with Crippen LogP contribution in [0.3, 0.4) is 0 Å². The Balaban J connectivity index is 1.36. The van der Waals surface area contributed by atoms with E-state index in [1.54, 1.807) is 0 Å². The Kier molecular flexibility index (Phi) is 7.82. The number of nitrogen functional groups attached to an aromatic ring is 1. The smallest absolute Gasteiger partial charge is 0.320 e. The quantitative estimate of drug-likeness (QED) is 0.196. The maximum absolute atomic E-state index is 11.3. The van der Waals surface area contributed by atoms with E-state index in [1.165, 1.54) is 17.2 Å². The summed E-state index contributed by atoms with van der Waals surface area (Å²) in [6.07, 6.45) is -1.26. The van der Waals surface area contributed by atoms with Crippen LogP contribution in [0.4, 0.5) is 5.82 Å². The molecule has 12 nitrogen and oxygen atoms in total. The van der Waals surface area contributed by atoms with Gasteiger partial charge < -0.3 is 31.5 Å². The number of aliphatic carboxylic acids is 1. The van der Waals surface area contributed by atoms with Crippen LogP contribution in [-0.2, 0) is 16.1 Å². The summed E-state index contributed by atoms with van der Waals surface area (Å²) in [6, 6.07) is 17.0. The molecule has 0 unspecified atom stereocenters. The molecule has 3 heterocycles. The van der Waals surface area contributed by atoms with Crippen molar-refractivity contribution in [2.45, 2.75) is 43.5 Å². The number of nitrogens with zero attached hydrogens (tertiary/aromatic N) is 5. The predicted molar refractivity (Wildman–Crippen MR) is 143 cm³/mol. The number of carboxylic acid groups (broad SMARTS) is 1. The van der Waals surface area contributed by atoms with E-state index in [0.29, 0.717) is 24.3 Å². The van der Waals surface area contributed by atoms with Crippen molar-refractivity contribution in [2.24, 2.45) is 5.73 Å². The van der Waals surface area contributed by atoms with Gasteiger partial charge in [0.05, 0.1) is 6.33 Å². The van der Waals surface area contributed by atoms with Crippen LogP contribution in [0.1, 0.15) is 18.2 Å². The fraction of sp³-hybridized carbons (Fsp3) is 0.333. The minimum atomic E-state index is -1.26. The molecule has 1 aliphatic rings. The lowest BCUT2D eigenvalue weighted by Gasteiger charge is -2.27. The Morgan fingerprint density at radius 3 is 2.59 bits per heavy atom. The summed E-state index contributed by atoms with van der Waals surface area (Å²) in [4.78, 5) is 25.7. The fourth-order valence-electron chi connectivity index (χ4n) is 4.84. The van der Waals surface area contributed by atoms with Crippen LogP contribution in [0.2, 0.25) is 0 Å². The number of aromatic nitrogens is 4. The Labute approximate surface area is 224 Å². The van der Waals surface area contributed by atoms with E-state index < -0.39 is 36.6 Å². The van der Waals surface area contributed by atoms with Gasteiger partial charge in [-0.3, -0.25) is 14.3 Å². The van der Waals surface area contributed by atoms with Gasteiger partial charge in [0.2, 0.25) is 0 Å². The summed E-state index contributed by atoms with van der Waals surface area (Å²) >= 11 is 0. The number of imidazole rings is 1. The SMILES string of the molecule is Nc1ncnc2c1ncn2[C@@H]1O[C@H](CN(CC[C@H](N)C(=O)O)Cc2cccc(-c3ccccc3)c2)[C@@H](O)[C@H]1O. The van der Waals surface area contributed by atoms with Crippen LogP contribution in [0.5, 0.6) is 0 Å². The fourth-order valence-corrected chi connectivity index (χ4v) is 4.84. The second-order valence-electron chi connectivity index (χ2n) is 9.66. The monoisotopic (exact) mass is 533 g/mol. The average molecular weight is 534 g/mol. The van der Waals surface area contributed by atoms with Gasteiger partial charge in [0.1, 0.15) is 36.2 Å². The van der Waals surface area contributed by atoms with E-state index >= 15 is 0 Å². The number of aliphatic hydroxyl groups excluding tert-OH is 2. The molecule has 7 N–H and O–H groups in total. The van der Waals surface area contributed by atoms with Gasteiger partial charge >= 0.3 is 5.97 Å². The maximum atomic E-state index is 11.3. The number of hydrogen-bond donors (Lipinski definition) is 5. The van der Waals surface area contributed by atoms with Crippen LogP contribution >= 0.6 is 0 Å². The number of ether oxygens (including phenoxy) is 1. The first-order chi connectivity index (χ1) is 18.8. The average Bonchev–Trinajstić information content (AvgIpc) is 3.49. The van der Waals surface area contributed by atoms with Crippen molar-refractivity contribution < 1.29 is 24.9 Å². The van der Waals surface area contributed by atoms with Crippen LogP contribution in [0.25, 0.3) is 22.3 Å². The van der Waals surface area contributed by atoms with Gasteiger partial charge in [-0.05, 0) is 29.2 Å². The zero-order valence-electron chi connectivity index (χ0n) is 21.1. The highest BCUT2D eigenvalue weighted by Gasteiger charge is 2.45. The van der Waals surface area contributed by atoms with Crippen molar-refractivity contribution in [3.63, 3.8) is 0 Å². The zero-order valence-corrected chi connectivity index (χ0v) is 21.1. The van der Waals surface area contributed by atoms with E-state index in [1.807, 2.05) is 53.4 Å². The Morgan fingerprint density at radius 1 is 1.05 bits per heavy atom. The zero-order chi connectivity index (χ0) is 27.5. The number of carbonyl (C=O) groups is 1. The second kappa shape index (κ2) is 11.4. The van der Waals surface area contributed by atoms with Crippen LogP contribution in [0, 0.1) is 0 Å². The molecule has 1 saturated heterocycles. The second-order valence-corrected chi connectivity index (χ2v) is 9.66. The molecular formula is C27H31N7O5. The Bertz CT molecular complexity index is 1430. The number of rotatable bonds is 10. The van der Waals surface area contributed by atoms with E-state index in [0.717, 1.165) is 16.7 Å². The first kappa shape index (κ1) is 26.7. The van der Waals surface area contributed by atoms with Crippen molar-refractivity contribution in [1.82, 2.24) is 24.4 Å². The lowest BCUT2D eigenvalue weighted by molar-refractivity contribution is -0.138. The van der Waals surface area contributed by atoms with Gasteiger partial charge in [-0.15, -0.1) is 0 Å². The molecule has 0 aliphatic carbocycles. The lowest BCUT2D eigenvalue weighted by atomic mass is 10.0. The van der Waals surface area contributed by atoms with E-state index in [9.17, 15) is 20.1 Å². The van der Waals surface area contributed by atoms with Gasteiger partial charge in [0.15, 0.2) is 17.7 Å². The minimum Gasteiger partial charge on any atom is -0.480 e. The molecule has 2 aromatic heterocycles. The number of carboxylic acids is 1. The summed E-state index contributed by atoms with van der Waals surface area (Å²) in [5, 5.41) is 31.1. The third kappa shape index (κ3) is 5.75. The van der Waals surface area contributed by atoms with Gasteiger partial charge in [0.25, 0.3) is 0 Å². The van der Waals surface area contributed by atoms with Crippen molar-refractivity contribution in [2.75, 3.05) is 18.8 Å². The number of nitrogens with two attached hydrogens (primary N) is 2. The summed E-state index contributed by atoms with van der Waals surface area (Å²) in [5.74, 6) is -0.885. The van der Waals surface area contributed by atoms with E-state index in [-0.39, 0.29) is 18.8 Å². The molecule has 12 heteroatoms. The van der Waals surface area contributed by atoms with Crippen molar-refractivity contribution in [3.05, 3.63) is 72.8 Å². The maximum Gasteiger partial charge on any atom is 0.320 e. The molecule has 2 aromatic carbocycles. The van der Waals surface area contributed by atoms with Crippen molar-refractivity contribution in [3.8, 4) is 11.1 Å². The van der Waals surface area contributed by atoms with E-state index in [2.05, 4.69) is 21.0 Å². The molecule has 0 spiro atoms. The van der Waals surface area contributed by atoms with Gasteiger partial charge in [-0.2, -0.15) is 0 Å². The number of hydrogen-bond acceptors (Lipinski definition) is 10. The van der Waals surface area contributed by atoms with Crippen LogP contribution in [-0.4, -0.2) is 83.2 Å². The predicted octanol–water partition coefficient (Wildman–Crippen LogP) is 0.999. The summed E-state index contributed by atoms with van der Waals surface area (Å²) < 4.78 is 7.65. The van der Waals surface area contributed by atoms with Crippen molar-refractivity contribution in [1.29, 1.82) is 0 Å². The molecule has 1 fully saturated rings. The molecule has 0 radical (unpaired) electrons. The third-order valence-corrected chi connectivity index (χ3v) is 6.95. The molecule has 204 valence electrons. The first-order valence-corrected chi connectivity index (χ1v) is 12.6. The lowest BCUT2D eigenvalue weighted by Crippen LogP contribution is -2.42. The number of aliphatic hydroxyl groups is 2. The third-order valence-electron chi connectivity index (χ3n) is 6.95. The topological polar surface area (TPSA) is 186 Å². The van der Waals surface area contributed by atoms with Gasteiger partial charge in [-0.1, -0.05) is 48.5 Å². The van der Waals surface area contributed by atoms with Crippen LogP contribution in [0.15, 0.2) is 67.3 Å². The molecule has 5 rings (SSSR count). The molecule has 5 atom stereocenters. The minimum absolute atomic E-state index is 0.196. The summed E-state index contributed by atoms with van der Waals surface area (Å²) in [5.41, 5.74) is 15.5. The molecule has 0 bridgehead atoms. The van der Waals surface area contributed by atoms with Crippen LogP contribution < -0.4 is 11.5 Å². The number of anilines is 1.